The molecule has 1 amide bonds. The molecule has 88 valence electrons. The lowest BCUT2D eigenvalue weighted by Crippen LogP contribution is -2.35. The molecule has 3 nitrogen and oxygen atoms in total. The highest BCUT2D eigenvalue weighted by Gasteiger charge is 2.21. The zero-order valence-corrected chi connectivity index (χ0v) is 10.5. The maximum absolute atomic E-state index is 11.8. The summed E-state index contributed by atoms with van der Waals surface area (Å²) in [5, 5.41) is 0.204. The Morgan fingerprint density at radius 1 is 1.53 bits per heavy atom. The standard InChI is InChI=1S/C11H21NO2S/c1-3-7-12(11(13)15-4-2)9-10-6-5-8-14-10/h10H,3-9H2,1-2H3. The van der Waals surface area contributed by atoms with Gasteiger partial charge >= 0.3 is 0 Å². The van der Waals surface area contributed by atoms with Gasteiger partial charge in [0.05, 0.1) is 6.10 Å². The second kappa shape index (κ2) is 7.12. The first-order valence-electron chi connectivity index (χ1n) is 5.81. The molecule has 1 rings (SSSR count). The summed E-state index contributed by atoms with van der Waals surface area (Å²) < 4.78 is 5.55. The van der Waals surface area contributed by atoms with Crippen LogP contribution in [0.1, 0.15) is 33.1 Å². The van der Waals surface area contributed by atoms with E-state index in [0.717, 1.165) is 44.7 Å². The van der Waals surface area contributed by atoms with Crippen LogP contribution in [0.15, 0.2) is 0 Å². The Hall–Kier alpha value is -0.220. The third-order valence-corrected chi connectivity index (χ3v) is 3.26. The van der Waals surface area contributed by atoms with Gasteiger partial charge in [-0.25, -0.2) is 0 Å². The third kappa shape index (κ3) is 4.43. The van der Waals surface area contributed by atoms with Crippen molar-refractivity contribution in [3.8, 4) is 0 Å². The number of hydrogen-bond donors (Lipinski definition) is 0. The average molecular weight is 231 g/mol. The molecule has 1 unspecified atom stereocenters. The molecule has 0 radical (unpaired) electrons. The van der Waals surface area contributed by atoms with Gasteiger partial charge < -0.3 is 9.64 Å². The Labute approximate surface area is 96.5 Å². The Morgan fingerprint density at radius 2 is 2.33 bits per heavy atom. The summed E-state index contributed by atoms with van der Waals surface area (Å²) in [4.78, 5) is 13.7. The molecule has 1 saturated heterocycles. The monoisotopic (exact) mass is 231 g/mol. The maximum atomic E-state index is 11.8. The zero-order chi connectivity index (χ0) is 11.1. The van der Waals surface area contributed by atoms with Crippen molar-refractivity contribution in [1.29, 1.82) is 0 Å². The Morgan fingerprint density at radius 3 is 2.87 bits per heavy atom. The fraction of sp³-hybridized carbons (Fsp3) is 0.909. The lowest BCUT2D eigenvalue weighted by atomic mass is 10.2. The van der Waals surface area contributed by atoms with Crippen LogP contribution < -0.4 is 0 Å². The average Bonchev–Trinajstić information content (AvgIpc) is 2.70. The normalized spacial score (nSPS) is 20.5. The second-order valence-electron chi connectivity index (χ2n) is 3.78. The number of thioether (sulfide) groups is 1. The summed E-state index contributed by atoms with van der Waals surface area (Å²) in [7, 11) is 0. The number of hydrogen-bond acceptors (Lipinski definition) is 3. The van der Waals surface area contributed by atoms with E-state index in [2.05, 4.69) is 6.92 Å². The van der Waals surface area contributed by atoms with Crippen molar-refractivity contribution >= 4 is 17.0 Å². The van der Waals surface area contributed by atoms with Gasteiger partial charge in [-0.1, -0.05) is 25.6 Å². The predicted octanol–water partition coefficient (Wildman–Crippen LogP) is 2.75. The minimum Gasteiger partial charge on any atom is -0.376 e. The smallest absolute Gasteiger partial charge is 0.281 e. The lowest BCUT2D eigenvalue weighted by Gasteiger charge is -2.24. The molecule has 0 saturated carbocycles. The summed E-state index contributed by atoms with van der Waals surface area (Å²) >= 11 is 1.39. The van der Waals surface area contributed by atoms with Crippen molar-refractivity contribution in [2.24, 2.45) is 0 Å². The van der Waals surface area contributed by atoms with Crippen LogP contribution in [-0.4, -0.2) is 41.7 Å². The summed E-state index contributed by atoms with van der Waals surface area (Å²) in [5.41, 5.74) is 0. The fourth-order valence-corrected chi connectivity index (χ4v) is 2.37. The Kier molecular flexibility index (Phi) is 6.10. The summed E-state index contributed by atoms with van der Waals surface area (Å²) in [5.74, 6) is 0.852. The van der Waals surface area contributed by atoms with E-state index in [9.17, 15) is 4.79 Å². The summed E-state index contributed by atoms with van der Waals surface area (Å²) in [6.07, 6.45) is 3.53. The number of carbonyl (C=O) groups excluding carboxylic acids is 1. The molecule has 0 N–H and O–H groups in total. The van der Waals surface area contributed by atoms with Gasteiger partial charge in [-0.05, 0) is 25.0 Å². The van der Waals surface area contributed by atoms with Crippen molar-refractivity contribution in [2.75, 3.05) is 25.4 Å². The highest BCUT2D eigenvalue weighted by Crippen LogP contribution is 2.16. The van der Waals surface area contributed by atoms with Crippen LogP contribution in [0.4, 0.5) is 4.79 Å². The minimum absolute atomic E-state index is 0.204. The zero-order valence-electron chi connectivity index (χ0n) is 9.70. The van der Waals surface area contributed by atoms with Crippen LogP contribution in [0.2, 0.25) is 0 Å². The Bertz CT molecular complexity index is 193. The lowest BCUT2D eigenvalue weighted by molar-refractivity contribution is 0.0855. The van der Waals surface area contributed by atoms with Gasteiger partial charge in [0.15, 0.2) is 0 Å². The molecule has 15 heavy (non-hydrogen) atoms. The molecule has 0 aromatic heterocycles. The van der Waals surface area contributed by atoms with Gasteiger partial charge in [-0.2, -0.15) is 0 Å². The van der Waals surface area contributed by atoms with E-state index < -0.39 is 0 Å². The first kappa shape index (κ1) is 12.8. The number of carbonyl (C=O) groups is 1. The van der Waals surface area contributed by atoms with Crippen molar-refractivity contribution < 1.29 is 9.53 Å². The summed E-state index contributed by atoms with van der Waals surface area (Å²) in [6, 6.07) is 0. The quantitative estimate of drug-likeness (QED) is 0.728. The maximum Gasteiger partial charge on any atom is 0.281 e. The topological polar surface area (TPSA) is 29.5 Å². The number of amides is 1. The van der Waals surface area contributed by atoms with E-state index in [-0.39, 0.29) is 11.3 Å². The third-order valence-electron chi connectivity index (χ3n) is 2.47. The first-order valence-corrected chi connectivity index (χ1v) is 6.79. The molecule has 1 atom stereocenters. The van der Waals surface area contributed by atoms with Crippen molar-refractivity contribution in [2.45, 2.75) is 39.2 Å². The van der Waals surface area contributed by atoms with E-state index in [0.29, 0.717) is 0 Å². The first-order chi connectivity index (χ1) is 7.27. The molecular weight excluding hydrogens is 210 g/mol. The molecule has 0 spiro atoms. The van der Waals surface area contributed by atoms with Crippen LogP contribution in [0.25, 0.3) is 0 Å². The number of nitrogens with zero attached hydrogens (tertiary/aromatic N) is 1. The van der Waals surface area contributed by atoms with E-state index in [4.69, 9.17) is 4.74 Å². The van der Waals surface area contributed by atoms with Crippen LogP contribution >= 0.6 is 11.8 Å². The van der Waals surface area contributed by atoms with E-state index in [1.165, 1.54) is 11.8 Å². The van der Waals surface area contributed by atoms with Gasteiger partial charge in [0.1, 0.15) is 0 Å². The van der Waals surface area contributed by atoms with Crippen LogP contribution in [-0.2, 0) is 4.74 Å². The van der Waals surface area contributed by atoms with Crippen molar-refractivity contribution in [1.82, 2.24) is 4.90 Å². The van der Waals surface area contributed by atoms with E-state index >= 15 is 0 Å². The second-order valence-corrected chi connectivity index (χ2v) is 5.00. The van der Waals surface area contributed by atoms with Crippen LogP contribution in [0, 0.1) is 0 Å². The van der Waals surface area contributed by atoms with Crippen molar-refractivity contribution in [3.63, 3.8) is 0 Å². The number of rotatable bonds is 5. The molecular formula is C11H21NO2S. The van der Waals surface area contributed by atoms with Gasteiger partial charge in [0.2, 0.25) is 0 Å². The largest absolute Gasteiger partial charge is 0.376 e. The van der Waals surface area contributed by atoms with Gasteiger partial charge in [-0.3, -0.25) is 4.79 Å². The Balaban J connectivity index is 2.37. The van der Waals surface area contributed by atoms with Gasteiger partial charge in [-0.15, -0.1) is 0 Å². The van der Waals surface area contributed by atoms with Crippen molar-refractivity contribution in [3.05, 3.63) is 0 Å². The molecule has 0 aliphatic carbocycles. The highest BCUT2D eigenvalue weighted by molar-refractivity contribution is 8.13. The number of ether oxygens (including phenoxy) is 1. The molecule has 4 heteroatoms. The predicted molar refractivity (Wildman–Crippen MR) is 64.4 cm³/mol. The minimum atomic E-state index is 0.204. The molecule has 1 fully saturated rings. The summed E-state index contributed by atoms with van der Waals surface area (Å²) in [6.45, 7) is 6.61. The van der Waals surface area contributed by atoms with E-state index in [1.807, 2.05) is 11.8 Å². The molecule has 1 heterocycles. The van der Waals surface area contributed by atoms with E-state index in [1.54, 1.807) is 0 Å². The molecule has 1 aliphatic heterocycles. The van der Waals surface area contributed by atoms with Gasteiger partial charge in [0.25, 0.3) is 5.24 Å². The highest BCUT2D eigenvalue weighted by atomic mass is 32.2. The van der Waals surface area contributed by atoms with Crippen LogP contribution in [0.5, 0.6) is 0 Å². The fourth-order valence-electron chi connectivity index (χ4n) is 1.78. The van der Waals surface area contributed by atoms with Gasteiger partial charge in [0, 0.05) is 19.7 Å². The SMILES string of the molecule is CCCN(CC1CCCO1)C(=O)SCC. The van der Waals surface area contributed by atoms with Crippen LogP contribution in [0.3, 0.4) is 0 Å². The molecule has 0 aromatic carbocycles. The molecule has 1 aliphatic rings. The molecule has 0 bridgehead atoms. The molecule has 0 aromatic rings.